The van der Waals surface area contributed by atoms with Gasteiger partial charge in [-0.3, -0.25) is 14.4 Å². The Labute approximate surface area is 258 Å². The van der Waals surface area contributed by atoms with Crippen LogP contribution in [0.15, 0.2) is 82.6 Å². The highest BCUT2D eigenvalue weighted by atomic mass is 32.1. The van der Waals surface area contributed by atoms with Gasteiger partial charge >= 0.3 is 5.97 Å². The number of likely N-dealkylation sites (tertiary alicyclic amines) is 1. The van der Waals surface area contributed by atoms with Crippen molar-refractivity contribution in [1.82, 2.24) is 9.88 Å². The lowest BCUT2D eigenvalue weighted by Crippen LogP contribution is -2.29. The van der Waals surface area contributed by atoms with E-state index in [4.69, 9.17) is 4.42 Å². The molecule has 9 nitrogen and oxygen atoms in total. The second-order valence-electron chi connectivity index (χ2n) is 11.2. The van der Waals surface area contributed by atoms with E-state index in [0.717, 1.165) is 27.9 Å². The molecule has 5 aromatic rings. The fourth-order valence-electron chi connectivity index (χ4n) is 5.75. The molecule has 1 aliphatic rings. The van der Waals surface area contributed by atoms with Crippen LogP contribution in [0.1, 0.15) is 37.8 Å². The van der Waals surface area contributed by atoms with Gasteiger partial charge in [-0.1, -0.05) is 42.5 Å². The Hall–Kier alpha value is -4.96. The van der Waals surface area contributed by atoms with Crippen LogP contribution in [-0.4, -0.2) is 52.9 Å². The van der Waals surface area contributed by atoms with Crippen molar-refractivity contribution in [3.8, 4) is 0 Å². The van der Waals surface area contributed by atoms with E-state index in [1.165, 1.54) is 11.3 Å². The molecule has 44 heavy (non-hydrogen) atoms. The first kappa shape index (κ1) is 29.1. The number of aryl methyl sites for hydroxylation is 2. The number of aromatic nitrogens is 1. The lowest BCUT2D eigenvalue weighted by molar-refractivity contribution is -0.141. The van der Waals surface area contributed by atoms with Crippen molar-refractivity contribution in [3.05, 3.63) is 105 Å². The molecule has 1 fully saturated rings. The summed E-state index contributed by atoms with van der Waals surface area (Å²) in [4.78, 5) is 46.5. The van der Waals surface area contributed by atoms with Gasteiger partial charge in [0.05, 0.1) is 17.2 Å². The van der Waals surface area contributed by atoms with Crippen molar-refractivity contribution in [2.24, 2.45) is 5.92 Å². The number of nitrogens with zero attached hydrogens (tertiary/aromatic N) is 3. The maximum atomic E-state index is 13.2. The normalized spacial score (nSPS) is 16.3. The highest BCUT2D eigenvalue weighted by Crippen LogP contribution is 2.35. The number of para-hydroxylation sites is 1. The van der Waals surface area contributed by atoms with Crippen molar-refractivity contribution < 1.29 is 23.9 Å². The van der Waals surface area contributed by atoms with Crippen LogP contribution in [0.3, 0.4) is 0 Å². The van der Waals surface area contributed by atoms with Gasteiger partial charge in [0, 0.05) is 37.4 Å². The highest BCUT2D eigenvalue weighted by molar-refractivity contribution is 7.12. The molecule has 1 aliphatic heterocycles. The zero-order valence-corrected chi connectivity index (χ0v) is 25.4. The van der Waals surface area contributed by atoms with Crippen molar-refractivity contribution in [3.63, 3.8) is 0 Å². The number of oxazole rings is 1. The molecule has 3 aromatic carbocycles. The molecule has 3 heterocycles. The molecule has 224 valence electrons. The summed E-state index contributed by atoms with van der Waals surface area (Å²) in [6.07, 6.45) is 0.165. The number of anilines is 3. The molecule has 0 saturated carbocycles. The van der Waals surface area contributed by atoms with Crippen LogP contribution < -0.4 is 10.2 Å². The summed E-state index contributed by atoms with van der Waals surface area (Å²) in [5.41, 5.74) is 6.73. The minimum atomic E-state index is -0.926. The van der Waals surface area contributed by atoms with Crippen LogP contribution in [0.25, 0.3) is 11.1 Å². The number of fused-ring (bicyclic) bond motifs is 1. The van der Waals surface area contributed by atoms with Crippen LogP contribution in [0.2, 0.25) is 0 Å². The average molecular weight is 609 g/mol. The van der Waals surface area contributed by atoms with Gasteiger partial charge in [-0.05, 0) is 71.8 Å². The molecule has 0 aliphatic carbocycles. The molecule has 2 atom stereocenters. The van der Waals surface area contributed by atoms with E-state index in [-0.39, 0.29) is 30.7 Å². The third-order valence-electron chi connectivity index (χ3n) is 8.26. The first-order valence-electron chi connectivity index (χ1n) is 14.3. The Morgan fingerprint density at radius 3 is 2.45 bits per heavy atom. The number of thiophene rings is 1. The molecule has 2 aromatic heterocycles. The molecule has 2 unspecified atom stereocenters. The fraction of sp³-hybridized carbons (Fsp3) is 0.235. The number of hydrogen-bond acceptors (Lipinski definition) is 7. The summed E-state index contributed by atoms with van der Waals surface area (Å²) >= 11 is 1.35. The second kappa shape index (κ2) is 12.0. The van der Waals surface area contributed by atoms with Crippen molar-refractivity contribution in [1.29, 1.82) is 0 Å². The molecular formula is C34H32N4O5S. The molecule has 2 amide bonds. The van der Waals surface area contributed by atoms with Crippen molar-refractivity contribution >= 4 is 57.6 Å². The number of benzene rings is 3. The van der Waals surface area contributed by atoms with Crippen molar-refractivity contribution in [2.45, 2.75) is 26.2 Å². The number of amides is 2. The Kier molecular flexibility index (Phi) is 7.92. The second-order valence-corrected chi connectivity index (χ2v) is 12.1. The highest BCUT2D eigenvalue weighted by Gasteiger charge is 2.40. The first-order valence-corrected chi connectivity index (χ1v) is 15.2. The lowest BCUT2D eigenvalue weighted by atomic mass is 9.89. The maximum Gasteiger partial charge on any atom is 0.308 e. The molecule has 6 rings (SSSR count). The predicted octanol–water partition coefficient (Wildman–Crippen LogP) is 6.40. The van der Waals surface area contributed by atoms with Crippen LogP contribution in [-0.2, 0) is 16.0 Å². The standard InChI is InChI=1S/C34H32N4O5S/c1-20-6-4-7-21(2)31(20)36-34-35-27-14-9-22(16-28(27)43-34)17-30(39)37(3)24-12-10-23(11-13-24)25-18-38(19-26(25)33(41)42)32(40)29-8-5-15-44-29/h4-16,25-26H,17-19H2,1-3H3,(H,35,36)(H,41,42). The molecule has 0 spiro atoms. The van der Waals surface area contributed by atoms with E-state index in [1.54, 1.807) is 22.9 Å². The smallest absolute Gasteiger partial charge is 0.308 e. The molecule has 0 bridgehead atoms. The molecule has 0 radical (unpaired) electrons. The Balaban J connectivity index is 1.12. The van der Waals surface area contributed by atoms with E-state index < -0.39 is 11.9 Å². The van der Waals surface area contributed by atoms with Crippen LogP contribution in [0.5, 0.6) is 0 Å². The van der Waals surface area contributed by atoms with E-state index in [0.29, 0.717) is 34.2 Å². The summed E-state index contributed by atoms with van der Waals surface area (Å²) < 4.78 is 5.97. The Morgan fingerprint density at radius 1 is 1.02 bits per heavy atom. The number of hydrogen-bond donors (Lipinski definition) is 2. The Morgan fingerprint density at radius 2 is 1.77 bits per heavy atom. The number of carbonyl (C=O) groups excluding carboxylic acids is 2. The van der Waals surface area contributed by atoms with Gasteiger partial charge in [0.1, 0.15) is 5.52 Å². The third-order valence-corrected chi connectivity index (χ3v) is 9.12. The number of carbonyl (C=O) groups is 3. The van der Waals surface area contributed by atoms with E-state index >= 15 is 0 Å². The summed E-state index contributed by atoms with van der Waals surface area (Å²) in [6, 6.07) is 22.9. The van der Waals surface area contributed by atoms with E-state index in [9.17, 15) is 19.5 Å². The van der Waals surface area contributed by atoms with Gasteiger partial charge in [0.25, 0.3) is 11.9 Å². The number of carboxylic acid groups (broad SMARTS) is 1. The quantitative estimate of drug-likeness (QED) is 0.210. The van der Waals surface area contributed by atoms with E-state index in [2.05, 4.69) is 10.3 Å². The van der Waals surface area contributed by atoms with Gasteiger partial charge in [0.2, 0.25) is 5.91 Å². The zero-order chi connectivity index (χ0) is 31.0. The topological polar surface area (TPSA) is 116 Å². The average Bonchev–Trinajstić information content (AvgIpc) is 3.78. The largest absolute Gasteiger partial charge is 0.481 e. The maximum absolute atomic E-state index is 13.2. The monoisotopic (exact) mass is 608 g/mol. The van der Waals surface area contributed by atoms with Crippen LogP contribution in [0.4, 0.5) is 17.4 Å². The first-order chi connectivity index (χ1) is 21.2. The predicted molar refractivity (Wildman–Crippen MR) is 171 cm³/mol. The molecular weight excluding hydrogens is 576 g/mol. The fourth-order valence-corrected chi connectivity index (χ4v) is 6.44. The van der Waals surface area contributed by atoms with Crippen LogP contribution in [0, 0.1) is 19.8 Å². The lowest BCUT2D eigenvalue weighted by Gasteiger charge is -2.20. The molecule has 2 N–H and O–H groups in total. The number of rotatable bonds is 8. The molecule has 1 saturated heterocycles. The Bertz CT molecular complexity index is 1830. The molecule has 10 heteroatoms. The number of likely N-dealkylation sites (N-methyl/N-ethyl adjacent to an activating group) is 1. The minimum absolute atomic E-state index is 0.109. The van der Waals surface area contributed by atoms with Gasteiger partial charge in [-0.25, -0.2) is 0 Å². The summed E-state index contributed by atoms with van der Waals surface area (Å²) in [5, 5.41) is 15.0. The number of aliphatic carboxylic acids is 1. The van der Waals surface area contributed by atoms with Gasteiger partial charge < -0.3 is 24.6 Å². The van der Waals surface area contributed by atoms with Gasteiger partial charge in [-0.15, -0.1) is 11.3 Å². The van der Waals surface area contributed by atoms with Crippen molar-refractivity contribution in [2.75, 3.05) is 30.4 Å². The summed E-state index contributed by atoms with van der Waals surface area (Å²) in [6.45, 7) is 4.54. The minimum Gasteiger partial charge on any atom is -0.481 e. The van der Waals surface area contributed by atoms with Crippen LogP contribution >= 0.6 is 11.3 Å². The van der Waals surface area contributed by atoms with Gasteiger partial charge in [0.15, 0.2) is 5.58 Å². The third kappa shape index (κ3) is 5.80. The summed E-state index contributed by atoms with van der Waals surface area (Å²) in [7, 11) is 1.72. The number of carboxylic acids is 1. The summed E-state index contributed by atoms with van der Waals surface area (Å²) in [5.74, 6) is -2.22. The van der Waals surface area contributed by atoms with E-state index in [1.807, 2.05) is 86.0 Å². The number of nitrogens with one attached hydrogen (secondary N) is 1. The van der Waals surface area contributed by atoms with Gasteiger partial charge in [-0.2, -0.15) is 4.98 Å². The zero-order valence-electron chi connectivity index (χ0n) is 24.6. The SMILES string of the molecule is Cc1cccc(C)c1Nc1nc2ccc(CC(=O)N(C)c3ccc(C4CN(C(=O)c5cccs5)CC4C(=O)O)cc3)cc2o1.